The molecule has 1 aromatic heterocycles. The molecular weight excluding hydrogens is 389 g/mol. The number of anilines is 1. The van der Waals surface area contributed by atoms with E-state index in [9.17, 15) is 17.6 Å². The summed E-state index contributed by atoms with van der Waals surface area (Å²) < 4.78 is 38.9. The molecule has 0 radical (unpaired) electrons. The zero-order valence-corrected chi connectivity index (χ0v) is 16.7. The van der Waals surface area contributed by atoms with Gasteiger partial charge in [0, 0.05) is 30.0 Å². The number of sulfonamides is 1. The number of amides is 1. The third-order valence-electron chi connectivity index (χ3n) is 4.43. The Bertz CT molecular complexity index is 904. The number of nitrogens with zero attached hydrogens (tertiary/aromatic N) is 2. The second kappa shape index (κ2) is 8.45. The lowest BCUT2D eigenvalue weighted by Gasteiger charge is -2.14. The Morgan fingerprint density at radius 2 is 1.93 bits per heavy atom. The Morgan fingerprint density at radius 1 is 1.26 bits per heavy atom. The number of nitrogens with one attached hydrogen (secondary N) is 1. The second-order valence-corrected chi connectivity index (χ2v) is 9.80. The SMILES string of the molecule is Cc1sc(NC(=O)CCCS(=O)(=O)N2CCCC2)nc1-c1ccc(F)cc1. The molecule has 1 aliphatic rings. The van der Waals surface area contributed by atoms with Crippen molar-refractivity contribution in [3.8, 4) is 11.3 Å². The lowest BCUT2D eigenvalue weighted by atomic mass is 10.1. The molecule has 0 atom stereocenters. The van der Waals surface area contributed by atoms with Crippen LogP contribution >= 0.6 is 11.3 Å². The molecule has 0 aliphatic carbocycles. The molecule has 0 unspecified atom stereocenters. The van der Waals surface area contributed by atoms with Crippen LogP contribution in [0.3, 0.4) is 0 Å². The lowest BCUT2D eigenvalue weighted by molar-refractivity contribution is -0.116. The number of halogens is 1. The number of hydrogen-bond acceptors (Lipinski definition) is 5. The molecule has 0 spiro atoms. The smallest absolute Gasteiger partial charge is 0.226 e. The number of benzene rings is 1. The van der Waals surface area contributed by atoms with Crippen LogP contribution in [0.4, 0.5) is 9.52 Å². The standard InChI is InChI=1S/C18H22FN3O3S2/c1-13-17(14-6-8-15(19)9-7-14)21-18(26-13)20-16(23)5-4-12-27(24,25)22-10-2-3-11-22/h6-9H,2-5,10-12H2,1H3,(H,20,21,23). The summed E-state index contributed by atoms with van der Waals surface area (Å²) >= 11 is 1.34. The Morgan fingerprint density at radius 3 is 2.59 bits per heavy atom. The number of hydrogen-bond donors (Lipinski definition) is 1. The van der Waals surface area contributed by atoms with Crippen LogP contribution in [0.1, 0.15) is 30.6 Å². The molecule has 1 aromatic carbocycles. The highest BCUT2D eigenvalue weighted by Crippen LogP contribution is 2.30. The minimum absolute atomic E-state index is 0.0157. The van der Waals surface area contributed by atoms with Crippen molar-refractivity contribution in [1.82, 2.24) is 9.29 Å². The van der Waals surface area contributed by atoms with Gasteiger partial charge in [0.1, 0.15) is 5.82 Å². The fourth-order valence-corrected chi connectivity index (χ4v) is 5.45. The highest BCUT2D eigenvalue weighted by Gasteiger charge is 2.25. The number of aryl methyl sites for hydroxylation is 1. The van der Waals surface area contributed by atoms with Crippen LogP contribution in [0, 0.1) is 12.7 Å². The second-order valence-electron chi connectivity index (χ2n) is 6.50. The first-order valence-electron chi connectivity index (χ1n) is 8.86. The third kappa shape index (κ3) is 5.12. The monoisotopic (exact) mass is 411 g/mol. The van der Waals surface area contributed by atoms with Gasteiger partial charge in [-0.3, -0.25) is 4.79 Å². The third-order valence-corrected chi connectivity index (χ3v) is 7.27. The highest BCUT2D eigenvalue weighted by atomic mass is 32.2. The van der Waals surface area contributed by atoms with E-state index in [1.165, 1.54) is 27.8 Å². The molecule has 1 aliphatic heterocycles. The maximum absolute atomic E-state index is 13.1. The van der Waals surface area contributed by atoms with Gasteiger partial charge in [0.25, 0.3) is 0 Å². The van der Waals surface area contributed by atoms with E-state index < -0.39 is 10.0 Å². The summed E-state index contributed by atoms with van der Waals surface area (Å²) in [6.45, 7) is 3.05. The average molecular weight is 412 g/mol. The number of carbonyl (C=O) groups is 1. The van der Waals surface area contributed by atoms with Crippen LogP contribution in [0.2, 0.25) is 0 Å². The van der Waals surface area contributed by atoms with Crippen LogP contribution < -0.4 is 5.32 Å². The van der Waals surface area contributed by atoms with E-state index in [0.717, 1.165) is 23.3 Å². The Balaban J connectivity index is 1.54. The first-order valence-corrected chi connectivity index (χ1v) is 11.3. The first-order chi connectivity index (χ1) is 12.8. The van der Waals surface area contributed by atoms with Gasteiger partial charge in [0.05, 0.1) is 11.4 Å². The summed E-state index contributed by atoms with van der Waals surface area (Å²) in [4.78, 5) is 17.4. The van der Waals surface area contributed by atoms with Crippen molar-refractivity contribution in [2.75, 3.05) is 24.2 Å². The fraction of sp³-hybridized carbons (Fsp3) is 0.444. The number of thiazole rings is 1. The van der Waals surface area contributed by atoms with Gasteiger partial charge in [-0.05, 0) is 50.5 Å². The van der Waals surface area contributed by atoms with Crippen molar-refractivity contribution in [3.63, 3.8) is 0 Å². The summed E-state index contributed by atoms with van der Waals surface area (Å²) in [5.74, 6) is -0.590. The van der Waals surface area contributed by atoms with Gasteiger partial charge in [-0.1, -0.05) is 0 Å². The average Bonchev–Trinajstić information content (AvgIpc) is 3.26. The van der Waals surface area contributed by atoms with Crippen LogP contribution in [0.25, 0.3) is 11.3 Å². The van der Waals surface area contributed by atoms with E-state index in [2.05, 4.69) is 10.3 Å². The molecule has 1 amide bonds. The minimum Gasteiger partial charge on any atom is -0.302 e. The molecular formula is C18H22FN3O3S2. The first kappa shape index (κ1) is 19.9. The van der Waals surface area contributed by atoms with Crippen molar-refractivity contribution < 1.29 is 17.6 Å². The number of aromatic nitrogens is 1. The Hall–Kier alpha value is -1.84. The summed E-state index contributed by atoms with van der Waals surface area (Å²) in [6.07, 6.45) is 2.20. The van der Waals surface area contributed by atoms with Gasteiger partial charge < -0.3 is 5.32 Å². The van der Waals surface area contributed by atoms with Crippen LogP contribution in [0.5, 0.6) is 0 Å². The van der Waals surface area contributed by atoms with Crippen molar-refractivity contribution in [1.29, 1.82) is 0 Å². The van der Waals surface area contributed by atoms with Crippen LogP contribution in [-0.4, -0.2) is 42.5 Å². The predicted octanol–water partition coefficient (Wildman–Crippen LogP) is 3.40. The molecule has 27 heavy (non-hydrogen) atoms. The van der Waals surface area contributed by atoms with E-state index >= 15 is 0 Å². The molecule has 1 saturated heterocycles. The molecule has 1 N–H and O–H groups in total. The Labute approximate surface area is 162 Å². The lowest BCUT2D eigenvalue weighted by Crippen LogP contribution is -2.30. The van der Waals surface area contributed by atoms with Gasteiger partial charge in [-0.2, -0.15) is 0 Å². The normalized spacial score (nSPS) is 15.2. The molecule has 6 nitrogen and oxygen atoms in total. The summed E-state index contributed by atoms with van der Waals surface area (Å²) in [6, 6.07) is 6.03. The quantitative estimate of drug-likeness (QED) is 0.757. The van der Waals surface area contributed by atoms with Crippen molar-refractivity contribution in [3.05, 3.63) is 35.0 Å². The van der Waals surface area contributed by atoms with Crippen LogP contribution in [-0.2, 0) is 14.8 Å². The molecule has 2 aromatic rings. The molecule has 9 heteroatoms. The molecule has 3 rings (SSSR count). The molecule has 1 fully saturated rings. The van der Waals surface area contributed by atoms with Gasteiger partial charge in [0.15, 0.2) is 5.13 Å². The van der Waals surface area contributed by atoms with Gasteiger partial charge in [0.2, 0.25) is 15.9 Å². The molecule has 0 bridgehead atoms. The minimum atomic E-state index is -3.26. The van der Waals surface area contributed by atoms with Crippen LogP contribution in [0.15, 0.2) is 24.3 Å². The maximum Gasteiger partial charge on any atom is 0.226 e. The van der Waals surface area contributed by atoms with Crippen molar-refractivity contribution in [2.45, 2.75) is 32.6 Å². The van der Waals surface area contributed by atoms with E-state index in [1.807, 2.05) is 6.92 Å². The topological polar surface area (TPSA) is 79.4 Å². The van der Waals surface area contributed by atoms with Crippen molar-refractivity contribution >= 4 is 32.4 Å². The predicted molar refractivity (Wildman–Crippen MR) is 105 cm³/mol. The Kier molecular flexibility index (Phi) is 6.23. The van der Waals surface area contributed by atoms with E-state index in [4.69, 9.17) is 0 Å². The summed E-state index contributed by atoms with van der Waals surface area (Å²) in [7, 11) is -3.26. The van der Waals surface area contributed by atoms with E-state index in [1.54, 1.807) is 12.1 Å². The van der Waals surface area contributed by atoms with Gasteiger partial charge >= 0.3 is 0 Å². The van der Waals surface area contributed by atoms with Gasteiger partial charge in [-0.15, -0.1) is 11.3 Å². The van der Waals surface area contributed by atoms with Gasteiger partial charge in [-0.25, -0.2) is 22.1 Å². The summed E-state index contributed by atoms with van der Waals surface area (Å²) in [5.41, 5.74) is 1.48. The number of carbonyl (C=O) groups excluding carboxylic acids is 1. The largest absolute Gasteiger partial charge is 0.302 e. The van der Waals surface area contributed by atoms with E-state index in [-0.39, 0.29) is 30.3 Å². The highest BCUT2D eigenvalue weighted by molar-refractivity contribution is 7.89. The number of rotatable bonds is 7. The molecule has 0 saturated carbocycles. The zero-order chi connectivity index (χ0) is 19.4. The maximum atomic E-state index is 13.1. The fourth-order valence-electron chi connectivity index (χ4n) is 3.02. The van der Waals surface area contributed by atoms with Crippen molar-refractivity contribution in [2.24, 2.45) is 0 Å². The molecule has 2 heterocycles. The molecule has 146 valence electrons. The zero-order valence-electron chi connectivity index (χ0n) is 15.1. The summed E-state index contributed by atoms with van der Waals surface area (Å²) in [5, 5.41) is 3.18. The van der Waals surface area contributed by atoms with E-state index in [0.29, 0.717) is 23.9 Å².